The summed E-state index contributed by atoms with van der Waals surface area (Å²) in [7, 11) is 1.54. The van der Waals surface area contributed by atoms with E-state index in [1.165, 1.54) is 6.33 Å². The monoisotopic (exact) mass is 337 g/mol. The first-order valence-electron chi connectivity index (χ1n) is 6.77. The molecule has 1 aromatic carbocycles. The Hall–Kier alpha value is -2.34. The van der Waals surface area contributed by atoms with Crippen LogP contribution in [0.5, 0.6) is 0 Å². The van der Waals surface area contributed by atoms with Crippen LogP contribution in [0.3, 0.4) is 0 Å². The molecule has 1 unspecified atom stereocenters. The minimum absolute atomic E-state index is 0.0194. The average molecular weight is 337 g/mol. The Morgan fingerprint density at radius 3 is 2.70 bits per heavy atom. The molecule has 0 aliphatic rings. The predicted octanol–water partition coefficient (Wildman–Crippen LogP) is 1.76. The van der Waals surface area contributed by atoms with Crippen molar-refractivity contribution < 1.29 is 8.78 Å². The molecule has 120 valence electrons. The van der Waals surface area contributed by atoms with Gasteiger partial charge in [0.1, 0.15) is 0 Å². The first-order chi connectivity index (χ1) is 10.8. The highest BCUT2D eigenvalue weighted by atomic mass is 31.0. The number of hydrogen-bond donors (Lipinski definition) is 2. The predicted molar refractivity (Wildman–Crippen MR) is 86.5 cm³/mol. The summed E-state index contributed by atoms with van der Waals surface area (Å²) in [5.74, 6) is -0.0194. The largest absolute Gasteiger partial charge is 0.369 e. The van der Waals surface area contributed by atoms with E-state index >= 15 is 0 Å². The molecule has 0 bridgehead atoms. The number of nitrogens with one attached hydrogen (secondary N) is 1. The highest BCUT2D eigenvalue weighted by Crippen LogP contribution is 2.28. The van der Waals surface area contributed by atoms with E-state index in [0.29, 0.717) is 16.8 Å². The molecule has 0 amide bonds. The number of nitrogens with two attached hydrogens (primary N) is 1. The number of halogens is 2. The molecular formula is C14H14F2N5OP. The summed E-state index contributed by atoms with van der Waals surface area (Å²) in [5, 5.41) is 0. The van der Waals surface area contributed by atoms with Crippen molar-refractivity contribution in [2.45, 2.75) is 18.6 Å². The van der Waals surface area contributed by atoms with Gasteiger partial charge in [-0.25, -0.2) is 13.8 Å². The van der Waals surface area contributed by atoms with Crippen LogP contribution in [0.15, 0.2) is 35.4 Å². The third kappa shape index (κ3) is 3.37. The second-order valence-electron chi connectivity index (χ2n) is 5.20. The number of aromatic amines is 1. The van der Waals surface area contributed by atoms with Crippen LogP contribution in [-0.4, -0.2) is 25.2 Å². The maximum absolute atomic E-state index is 13.3. The SMILES string of the molecule is Nc1nc2c(ncn2Cc2ccccc2CC(F)(F)P)c(=O)[nH]1. The molecule has 0 fully saturated rings. The zero-order chi connectivity index (χ0) is 16.6. The van der Waals surface area contributed by atoms with Gasteiger partial charge >= 0.3 is 0 Å². The van der Waals surface area contributed by atoms with Gasteiger partial charge < -0.3 is 10.3 Å². The van der Waals surface area contributed by atoms with Crippen LogP contribution in [0.4, 0.5) is 14.7 Å². The topological polar surface area (TPSA) is 89.6 Å². The van der Waals surface area contributed by atoms with Crippen LogP contribution in [-0.2, 0) is 13.0 Å². The number of nitrogen functional groups attached to an aromatic ring is 1. The van der Waals surface area contributed by atoms with Crippen molar-refractivity contribution >= 4 is 26.4 Å². The number of imidazole rings is 1. The quantitative estimate of drug-likeness (QED) is 0.710. The van der Waals surface area contributed by atoms with Crippen molar-refractivity contribution in [3.63, 3.8) is 0 Å². The van der Waals surface area contributed by atoms with Crippen molar-refractivity contribution in [1.82, 2.24) is 19.5 Å². The Bertz CT molecular complexity index is 915. The van der Waals surface area contributed by atoms with Gasteiger partial charge in [-0.3, -0.25) is 9.78 Å². The van der Waals surface area contributed by atoms with E-state index < -0.39 is 17.6 Å². The number of rotatable bonds is 4. The molecule has 0 spiro atoms. The van der Waals surface area contributed by atoms with E-state index in [-0.39, 0.29) is 18.0 Å². The van der Waals surface area contributed by atoms with Gasteiger partial charge in [0.2, 0.25) is 5.95 Å². The van der Waals surface area contributed by atoms with Crippen molar-refractivity contribution in [2.24, 2.45) is 0 Å². The standard InChI is InChI=1S/C14H14F2N5OP/c15-14(16,23)5-8-3-1-2-4-9(8)6-21-7-18-10-11(21)19-13(17)20-12(10)22/h1-4,7H,5-6,23H2,(H3,17,19,20,22). The van der Waals surface area contributed by atoms with E-state index in [1.807, 2.05) is 0 Å². The highest BCUT2D eigenvalue weighted by Gasteiger charge is 2.23. The molecular weight excluding hydrogens is 323 g/mol. The smallest absolute Gasteiger partial charge is 0.280 e. The van der Waals surface area contributed by atoms with Gasteiger partial charge in [0.15, 0.2) is 11.2 Å². The molecule has 0 aliphatic carbocycles. The van der Waals surface area contributed by atoms with Gasteiger partial charge in [0.25, 0.3) is 11.2 Å². The molecule has 23 heavy (non-hydrogen) atoms. The number of anilines is 1. The lowest BCUT2D eigenvalue weighted by Gasteiger charge is -2.14. The molecule has 2 heterocycles. The molecule has 0 aliphatic heterocycles. The number of aromatic nitrogens is 4. The number of H-pyrrole nitrogens is 1. The Labute approximate surface area is 132 Å². The number of alkyl halides is 2. The Morgan fingerprint density at radius 2 is 2.00 bits per heavy atom. The summed E-state index contributed by atoms with van der Waals surface area (Å²) in [6.07, 6.45) is 1.05. The number of benzene rings is 1. The lowest BCUT2D eigenvalue weighted by molar-refractivity contribution is 0.105. The molecule has 3 rings (SSSR count). The second kappa shape index (κ2) is 5.70. The van der Waals surface area contributed by atoms with Gasteiger partial charge in [-0.2, -0.15) is 4.98 Å². The van der Waals surface area contributed by atoms with Crippen LogP contribution in [0.2, 0.25) is 0 Å². The van der Waals surface area contributed by atoms with Gasteiger partial charge in [-0.15, -0.1) is 0 Å². The second-order valence-corrected chi connectivity index (χ2v) is 6.05. The Morgan fingerprint density at radius 1 is 1.30 bits per heavy atom. The number of nitrogens with zero attached hydrogens (tertiary/aromatic N) is 3. The first kappa shape index (κ1) is 15.6. The average Bonchev–Trinajstić information content (AvgIpc) is 2.83. The van der Waals surface area contributed by atoms with Gasteiger partial charge in [-0.05, 0) is 11.1 Å². The van der Waals surface area contributed by atoms with E-state index in [9.17, 15) is 13.6 Å². The summed E-state index contributed by atoms with van der Waals surface area (Å²) < 4.78 is 28.2. The summed E-state index contributed by atoms with van der Waals surface area (Å²) in [5.41, 5.74) is 3.94. The lowest BCUT2D eigenvalue weighted by atomic mass is 10.0. The molecule has 2 aromatic heterocycles. The summed E-state index contributed by atoms with van der Waals surface area (Å²) in [6, 6.07) is 6.89. The lowest BCUT2D eigenvalue weighted by Crippen LogP contribution is -2.14. The fourth-order valence-corrected chi connectivity index (χ4v) is 2.63. The van der Waals surface area contributed by atoms with Crippen molar-refractivity contribution in [3.05, 3.63) is 52.1 Å². The third-order valence-electron chi connectivity index (χ3n) is 3.38. The minimum Gasteiger partial charge on any atom is -0.369 e. The van der Waals surface area contributed by atoms with Gasteiger partial charge in [-0.1, -0.05) is 33.5 Å². The van der Waals surface area contributed by atoms with Gasteiger partial charge in [0.05, 0.1) is 12.9 Å². The highest BCUT2D eigenvalue weighted by molar-refractivity contribution is 7.18. The minimum atomic E-state index is -2.88. The molecule has 6 nitrogen and oxygen atoms in total. The molecule has 9 heteroatoms. The van der Waals surface area contributed by atoms with E-state index in [2.05, 4.69) is 15.0 Å². The number of hydrogen-bond acceptors (Lipinski definition) is 4. The first-order valence-corrected chi connectivity index (χ1v) is 7.35. The van der Waals surface area contributed by atoms with Crippen LogP contribution in [0, 0.1) is 0 Å². The summed E-state index contributed by atoms with van der Waals surface area (Å²) >= 11 is 0. The molecule has 3 N–H and O–H groups in total. The normalized spacial score (nSPS) is 12.0. The third-order valence-corrected chi connectivity index (χ3v) is 3.58. The zero-order valence-electron chi connectivity index (χ0n) is 12.0. The summed E-state index contributed by atoms with van der Waals surface area (Å²) in [6.45, 7) is 0.267. The molecule has 0 radical (unpaired) electrons. The van der Waals surface area contributed by atoms with E-state index in [4.69, 9.17) is 5.73 Å². The molecule has 0 saturated carbocycles. The fraction of sp³-hybridized carbons (Fsp3) is 0.214. The maximum atomic E-state index is 13.3. The summed E-state index contributed by atoms with van der Waals surface area (Å²) in [4.78, 5) is 22.2. The van der Waals surface area contributed by atoms with Crippen LogP contribution in [0.1, 0.15) is 11.1 Å². The Balaban J connectivity index is 2.02. The fourth-order valence-electron chi connectivity index (χ4n) is 2.41. The Kier molecular flexibility index (Phi) is 3.85. The van der Waals surface area contributed by atoms with Crippen molar-refractivity contribution in [1.29, 1.82) is 0 Å². The molecule has 1 atom stereocenters. The molecule has 3 aromatic rings. The van der Waals surface area contributed by atoms with E-state index in [1.54, 1.807) is 38.1 Å². The molecule has 0 saturated heterocycles. The van der Waals surface area contributed by atoms with Crippen molar-refractivity contribution in [3.8, 4) is 0 Å². The maximum Gasteiger partial charge on any atom is 0.280 e. The van der Waals surface area contributed by atoms with Crippen LogP contribution < -0.4 is 11.3 Å². The van der Waals surface area contributed by atoms with Crippen LogP contribution in [0.25, 0.3) is 11.2 Å². The van der Waals surface area contributed by atoms with Crippen molar-refractivity contribution in [2.75, 3.05) is 5.73 Å². The number of fused-ring (bicyclic) bond motifs is 1. The van der Waals surface area contributed by atoms with Crippen LogP contribution >= 0.6 is 9.24 Å². The van der Waals surface area contributed by atoms with E-state index in [0.717, 1.165) is 0 Å². The van der Waals surface area contributed by atoms with Gasteiger partial charge in [0, 0.05) is 6.42 Å². The zero-order valence-corrected chi connectivity index (χ0v) is 13.1.